The molecule has 0 bridgehead atoms. The molecule has 1 aromatic carbocycles. The maximum atomic E-state index is 12.5. The molecule has 1 aromatic rings. The fourth-order valence-corrected chi connectivity index (χ4v) is 2.93. The summed E-state index contributed by atoms with van der Waals surface area (Å²) in [6, 6.07) is 7.76. The number of unbranched alkanes of at least 4 members (excludes halogenated alkanes) is 1. The van der Waals surface area contributed by atoms with E-state index in [4.69, 9.17) is 9.47 Å². The first kappa shape index (κ1) is 23.0. The van der Waals surface area contributed by atoms with Crippen molar-refractivity contribution in [3.8, 4) is 5.75 Å². The van der Waals surface area contributed by atoms with Crippen molar-refractivity contribution in [3.05, 3.63) is 35.9 Å². The van der Waals surface area contributed by atoms with Gasteiger partial charge in [-0.25, -0.2) is 0 Å². The van der Waals surface area contributed by atoms with Gasteiger partial charge < -0.3 is 14.4 Å². The minimum atomic E-state index is -0.452. The van der Waals surface area contributed by atoms with Crippen molar-refractivity contribution in [1.29, 1.82) is 0 Å². The van der Waals surface area contributed by atoms with Crippen molar-refractivity contribution in [2.24, 2.45) is 5.41 Å². The van der Waals surface area contributed by atoms with Gasteiger partial charge in [0, 0.05) is 32.0 Å². The Bertz CT molecular complexity index is 685. The second-order valence-corrected chi connectivity index (χ2v) is 8.27. The van der Waals surface area contributed by atoms with Gasteiger partial charge in [-0.15, -0.1) is 0 Å². The zero-order chi connectivity index (χ0) is 21.3. The monoisotopic (exact) mass is 401 g/mol. The van der Waals surface area contributed by atoms with Crippen molar-refractivity contribution >= 4 is 18.0 Å². The van der Waals surface area contributed by atoms with E-state index in [9.17, 15) is 9.59 Å². The van der Waals surface area contributed by atoms with Crippen LogP contribution in [0.5, 0.6) is 5.75 Å². The molecule has 0 atom stereocenters. The molecule has 1 fully saturated rings. The summed E-state index contributed by atoms with van der Waals surface area (Å²) in [7, 11) is 0. The molecular weight excluding hydrogens is 366 g/mol. The van der Waals surface area contributed by atoms with Crippen LogP contribution in [-0.4, -0.2) is 42.6 Å². The molecule has 0 unspecified atom stereocenters. The quantitative estimate of drug-likeness (QED) is 0.337. The molecule has 1 saturated heterocycles. The number of ether oxygens (including phenoxy) is 2. The molecular formula is C24H35NO4. The minimum Gasteiger partial charge on any atom is -0.494 e. The highest BCUT2D eigenvalue weighted by molar-refractivity contribution is 5.91. The van der Waals surface area contributed by atoms with Crippen LogP contribution in [-0.2, 0) is 14.3 Å². The average Bonchev–Trinajstić information content (AvgIpc) is 2.73. The van der Waals surface area contributed by atoms with Crippen molar-refractivity contribution in [2.45, 2.75) is 65.9 Å². The van der Waals surface area contributed by atoms with Crippen LogP contribution in [0.15, 0.2) is 30.3 Å². The van der Waals surface area contributed by atoms with E-state index in [1.807, 2.05) is 56.0 Å². The van der Waals surface area contributed by atoms with Crippen molar-refractivity contribution in [2.75, 3.05) is 19.7 Å². The Morgan fingerprint density at radius 2 is 1.79 bits per heavy atom. The van der Waals surface area contributed by atoms with Gasteiger partial charge in [-0.3, -0.25) is 9.59 Å². The van der Waals surface area contributed by atoms with Crippen molar-refractivity contribution in [1.82, 2.24) is 4.90 Å². The third kappa shape index (κ3) is 7.22. The summed E-state index contributed by atoms with van der Waals surface area (Å²) >= 11 is 0. The number of nitrogens with zero attached hydrogens (tertiary/aromatic N) is 1. The van der Waals surface area contributed by atoms with Gasteiger partial charge in [-0.05, 0) is 50.5 Å². The summed E-state index contributed by atoms with van der Waals surface area (Å²) in [6.45, 7) is 9.88. The molecule has 0 saturated carbocycles. The SMILES string of the molecule is CCCCOc1ccc(/C=C/C(=O)N2CCC(OC(=O)C(C)(C)CC)CC2)cc1. The van der Waals surface area contributed by atoms with Crippen LogP contribution in [0, 0.1) is 5.41 Å². The molecule has 1 aliphatic rings. The molecule has 29 heavy (non-hydrogen) atoms. The summed E-state index contributed by atoms with van der Waals surface area (Å²) in [6.07, 6.45) is 7.63. The Balaban J connectivity index is 1.78. The van der Waals surface area contributed by atoms with E-state index in [-0.39, 0.29) is 18.0 Å². The van der Waals surface area contributed by atoms with Crippen LogP contribution in [0.1, 0.15) is 65.4 Å². The van der Waals surface area contributed by atoms with Crippen LogP contribution < -0.4 is 4.74 Å². The number of carbonyl (C=O) groups excluding carboxylic acids is 2. The van der Waals surface area contributed by atoms with Gasteiger partial charge >= 0.3 is 5.97 Å². The number of piperidine rings is 1. The van der Waals surface area contributed by atoms with Crippen LogP contribution in [0.3, 0.4) is 0 Å². The molecule has 2 rings (SSSR count). The number of rotatable bonds is 9. The lowest BCUT2D eigenvalue weighted by Crippen LogP contribution is -2.42. The van der Waals surface area contributed by atoms with Crippen LogP contribution in [0.4, 0.5) is 0 Å². The number of amides is 1. The molecule has 0 spiro atoms. The highest BCUT2D eigenvalue weighted by atomic mass is 16.5. The second-order valence-electron chi connectivity index (χ2n) is 8.27. The zero-order valence-electron chi connectivity index (χ0n) is 18.3. The molecule has 160 valence electrons. The highest BCUT2D eigenvalue weighted by Gasteiger charge is 2.31. The van der Waals surface area contributed by atoms with Crippen LogP contribution in [0.2, 0.25) is 0 Å². The Morgan fingerprint density at radius 3 is 2.38 bits per heavy atom. The molecule has 5 heteroatoms. The number of carbonyl (C=O) groups is 2. The molecule has 1 heterocycles. The maximum absolute atomic E-state index is 12.5. The number of hydrogen-bond donors (Lipinski definition) is 0. The lowest BCUT2D eigenvalue weighted by molar-refractivity contribution is -0.162. The van der Waals surface area contributed by atoms with Gasteiger partial charge in [0.05, 0.1) is 12.0 Å². The standard InChI is InChI=1S/C24H35NO4/c1-5-7-18-28-20-11-8-19(9-12-20)10-13-22(26)25-16-14-21(15-17-25)29-23(27)24(3,4)6-2/h8-13,21H,5-7,14-18H2,1-4H3/b13-10+. The number of esters is 1. The normalized spacial score (nSPS) is 15.5. The van der Waals surface area contributed by atoms with E-state index in [1.54, 1.807) is 6.08 Å². The number of hydrogen-bond acceptors (Lipinski definition) is 4. The molecule has 5 nitrogen and oxygen atoms in total. The Kier molecular flexibility index (Phi) is 8.74. The smallest absolute Gasteiger partial charge is 0.311 e. The zero-order valence-corrected chi connectivity index (χ0v) is 18.3. The predicted molar refractivity (Wildman–Crippen MR) is 116 cm³/mol. The highest BCUT2D eigenvalue weighted by Crippen LogP contribution is 2.24. The van der Waals surface area contributed by atoms with Gasteiger partial charge in [0.15, 0.2) is 0 Å². The molecule has 0 aromatic heterocycles. The summed E-state index contributed by atoms with van der Waals surface area (Å²) < 4.78 is 11.3. The van der Waals surface area contributed by atoms with E-state index in [2.05, 4.69) is 6.92 Å². The Hall–Kier alpha value is -2.30. The average molecular weight is 402 g/mol. The van der Waals surface area contributed by atoms with Gasteiger partial charge in [0.25, 0.3) is 0 Å². The topological polar surface area (TPSA) is 55.8 Å². The molecule has 0 aliphatic carbocycles. The minimum absolute atomic E-state index is 0.00747. The van der Waals surface area contributed by atoms with E-state index in [0.29, 0.717) is 25.9 Å². The predicted octanol–water partition coefficient (Wildman–Crippen LogP) is 4.85. The summed E-state index contributed by atoms with van der Waals surface area (Å²) in [5.41, 5.74) is 0.513. The molecule has 1 amide bonds. The van der Waals surface area contributed by atoms with Gasteiger partial charge in [0.1, 0.15) is 11.9 Å². The first-order valence-corrected chi connectivity index (χ1v) is 10.8. The second kappa shape index (κ2) is 11.0. The van der Waals surface area contributed by atoms with Gasteiger partial charge in [0.2, 0.25) is 5.91 Å². The van der Waals surface area contributed by atoms with E-state index >= 15 is 0 Å². The summed E-state index contributed by atoms with van der Waals surface area (Å²) in [5, 5.41) is 0. The Morgan fingerprint density at radius 1 is 1.14 bits per heavy atom. The lowest BCUT2D eigenvalue weighted by atomic mass is 9.90. The third-order valence-electron chi connectivity index (χ3n) is 5.53. The van der Waals surface area contributed by atoms with Crippen molar-refractivity contribution < 1.29 is 19.1 Å². The van der Waals surface area contributed by atoms with Gasteiger partial charge in [-0.1, -0.05) is 32.4 Å². The maximum Gasteiger partial charge on any atom is 0.311 e. The van der Waals surface area contributed by atoms with Crippen molar-refractivity contribution in [3.63, 3.8) is 0 Å². The fraction of sp³-hybridized carbons (Fsp3) is 0.583. The first-order valence-electron chi connectivity index (χ1n) is 10.8. The van der Waals surface area contributed by atoms with E-state index < -0.39 is 5.41 Å². The van der Waals surface area contributed by atoms with Gasteiger partial charge in [-0.2, -0.15) is 0 Å². The molecule has 0 N–H and O–H groups in total. The molecule has 1 aliphatic heterocycles. The van der Waals surface area contributed by atoms with E-state index in [1.165, 1.54) is 0 Å². The fourth-order valence-electron chi connectivity index (χ4n) is 2.93. The van der Waals surface area contributed by atoms with Crippen LogP contribution in [0.25, 0.3) is 6.08 Å². The molecule has 0 radical (unpaired) electrons. The number of benzene rings is 1. The summed E-state index contributed by atoms with van der Waals surface area (Å²) in [5.74, 6) is 0.698. The number of likely N-dealkylation sites (tertiary alicyclic amines) is 1. The third-order valence-corrected chi connectivity index (χ3v) is 5.53. The Labute approximate surface area is 175 Å². The first-order chi connectivity index (χ1) is 13.9. The largest absolute Gasteiger partial charge is 0.494 e. The summed E-state index contributed by atoms with van der Waals surface area (Å²) in [4.78, 5) is 26.5. The van der Waals surface area contributed by atoms with Crippen LogP contribution >= 0.6 is 0 Å². The van der Waals surface area contributed by atoms with E-state index in [0.717, 1.165) is 37.2 Å². The lowest BCUT2D eigenvalue weighted by Gasteiger charge is -2.33.